The maximum Gasteiger partial charge on any atom is 0.313 e. The molecule has 2 saturated heterocycles. The van der Waals surface area contributed by atoms with Gasteiger partial charge in [0.2, 0.25) is 17.4 Å². The maximum atomic E-state index is 12.6. The number of ketones is 1. The summed E-state index contributed by atoms with van der Waals surface area (Å²) in [5.74, 6) is -2.89. The van der Waals surface area contributed by atoms with E-state index in [4.69, 9.17) is 4.42 Å². The van der Waals surface area contributed by atoms with E-state index < -0.39 is 51.2 Å². The zero-order valence-corrected chi connectivity index (χ0v) is 19.8. The first kappa shape index (κ1) is 24.3. The van der Waals surface area contributed by atoms with Crippen LogP contribution in [0, 0.1) is 5.41 Å². The lowest BCUT2D eigenvalue weighted by Crippen LogP contribution is -2.74. The lowest BCUT2D eigenvalue weighted by molar-refractivity contribution is -0.157. The van der Waals surface area contributed by atoms with Gasteiger partial charge in [0, 0.05) is 18.1 Å². The minimum absolute atomic E-state index is 0.0488. The van der Waals surface area contributed by atoms with Gasteiger partial charge in [0.25, 0.3) is 11.0 Å². The molecule has 11 nitrogen and oxygen atoms in total. The van der Waals surface area contributed by atoms with Crippen LogP contribution in [0.1, 0.15) is 10.6 Å². The van der Waals surface area contributed by atoms with Crippen molar-refractivity contribution in [3.8, 4) is 0 Å². The Balaban J connectivity index is 1.65. The van der Waals surface area contributed by atoms with Gasteiger partial charge in [-0.1, -0.05) is 32.8 Å². The van der Waals surface area contributed by atoms with Gasteiger partial charge >= 0.3 is 5.97 Å². The average molecular weight is 548 g/mol. The van der Waals surface area contributed by atoms with E-state index in [0.717, 1.165) is 11.8 Å². The molecular weight excluding hydrogens is 530 g/mol. The number of rotatable bonds is 9. The number of thioether (sulfide) groups is 2. The number of oxime groups is 1. The van der Waals surface area contributed by atoms with Crippen molar-refractivity contribution >= 4 is 73.8 Å². The van der Waals surface area contributed by atoms with Gasteiger partial charge in [-0.25, -0.2) is 0 Å². The Morgan fingerprint density at radius 2 is 2.22 bits per heavy atom. The fourth-order valence-corrected chi connectivity index (χ4v) is 6.08. The third-order valence-electron chi connectivity index (χ3n) is 4.87. The molecule has 0 saturated carbocycles. The predicted molar refractivity (Wildman–Crippen MR) is 119 cm³/mol. The largest absolute Gasteiger partial charge is 0.481 e. The van der Waals surface area contributed by atoms with Crippen LogP contribution < -0.4 is 5.32 Å². The van der Waals surface area contributed by atoms with Crippen LogP contribution in [-0.2, 0) is 24.0 Å². The Hall–Kier alpha value is -2.32. The number of aliphatic carboxylic acids is 1. The monoisotopic (exact) mass is 547 g/mol. The van der Waals surface area contributed by atoms with E-state index >= 15 is 0 Å². The molecule has 0 radical (unpaired) electrons. The van der Waals surface area contributed by atoms with E-state index in [0.29, 0.717) is 0 Å². The maximum absolute atomic E-state index is 12.6. The van der Waals surface area contributed by atoms with Crippen LogP contribution in [-0.4, -0.2) is 86.3 Å². The van der Waals surface area contributed by atoms with E-state index in [1.54, 1.807) is 6.07 Å². The number of carboxylic acids is 1. The molecule has 1 aromatic heterocycles. The Kier molecular flexibility index (Phi) is 7.67. The van der Waals surface area contributed by atoms with Crippen molar-refractivity contribution < 1.29 is 38.3 Å². The molecule has 2 amide bonds. The van der Waals surface area contributed by atoms with Crippen LogP contribution in [0.4, 0.5) is 0 Å². The Morgan fingerprint density at radius 3 is 2.81 bits per heavy atom. The minimum atomic E-state index is -1.34. The highest BCUT2D eigenvalue weighted by Crippen LogP contribution is 2.44. The minimum Gasteiger partial charge on any atom is -0.481 e. The SMILES string of the molecule is CON=C(C(=O)CBr)C(=O)NC1C(=O)N2CC(CSC(=O)c3ccco3)(C(=O)O)CS[C@H]12. The molecule has 1 aromatic rings. The standard InChI is InChI=1S/C18H18BrN3O8S2/c1-29-21-11(9(23)5-19)13(24)20-12-14(25)22-6-18(17(27)28,7-31-15(12)22)8-32-16(26)10-3-2-4-30-10/h2-4,12,15H,5-8H2,1H3,(H,20,24)(H,27,28)/t12?,15-,18?/m1/s1. The number of Topliss-reactive ketones (excluding diaryl/α,β-unsaturated/α-hetero) is 1. The van der Waals surface area contributed by atoms with Crippen LogP contribution in [0.25, 0.3) is 0 Å². The molecule has 14 heteroatoms. The number of hydrogen-bond acceptors (Lipinski definition) is 10. The van der Waals surface area contributed by atoms with Crippen molar-refractivity contribution in [1.82, 2.24) is 10.2 Å². The number of β-lactam (4-membered cyclic amide) rings is 1. The van der Waals surface area contributed by atoms with Crippen LogP contribution in [0.15, 0.2) is 28.0 Å². The molecule has 0 bridgehead atoms. The van der Waals surface area contributed by atoms with Crippen LogP contribution in [0.5, 0.6) is 0 Å². The highest BCUT2D eigenvalue weighted by molar-refractivity contribution is 9.09. The van der Waals surface area contributed by atoms with Gasteiger partial charge in [0.15, 0.2) is 5.76 Å². The van der Waals surface area contributed by atoms with Crippen LogP contribution in [0.2, 0.25) is 0 Å². The predicted octanol–water partition coefficient (Wildman–Crippen LogP) is 0.590. The molecule has 0 aliphatic carbocycles. The molecule has 3 heterocycles. The summed E-state index contributed by atoms with van der Waals surface area (Å²) in [6, 6.07) is 2.12. The first-order valence-corrected chi connectivity index (χ1v) is 12.3. The second-order valence-corrected chi connectivity index (χ2v) is 9.55. The van der Waals surface area contributed by atoms with Crippen molar-refractivity contribution in [1.29, 1.82) is 0 Å². The highest BCUT2D eigenvalue weighted by Gasteiger charge is 2.57. The summed E-state index contributed by atoms with van der Waals surface area (Å²) < 4.78 is 5.03. The van der Waals surface area contributed by atoms with Gasteiger partial charge in [-0.3, -0.25) is 24.0 Å². The van der Waals surface area contributed by atoms with Crippen LogP contribution in [0.3, 0.4) is 0 Å². The summed E-state index contributed by atoms with van der Waals surface area (Å²) in [4.78, 5) is 67.0. The Morgan fingerprint density at radius 1 is 1.47 bits per heavy atom. The van der Waals surface area contributed by atoms with Crippen molar-refractivity contribution in [3.63, 3.8) is 0 Å². The van der Waals surface area contributed by atoms with E-state index in [9.17, 15) is 29.1 Å². The Bertz CT molecular complexity index is 969. The zero-order valence-electron chi connectivity index (χ0n) is 16.6. The topological polar surface area (TPSA) is 156 Å². The number of fused-ring (bicyclic) bond motifs is 1. The number of carbonyl (C=O) groups is 5. The summed E-state index contributed by atoms with van der Waals surface area (Å²) >= 11 is 4.95. The second-order valence-electron chi connectivity index (χ2n) is 6.94. The number of furan rings is 1. The van der Waals surface area contributed by atoms with Gasteiger partial charge in [-0.05, 0) is 12.1 Å². The molecule has 2 fully saturated rings. The highest BCUT2D eigenvalue weighted by atomic mass is 79.9. The first-order chi connectivity index (χ1) is 15.2. The normalized spacial score (nSPS) is 24.9. The van der Waals surface area contributed by atoms with Crippen molar-refractivity contribution in [2.75, 3.05) is 30.5 Å². The van der Waals surface area contributed by atoms with E-state index in [1.807, 2.05) is 0 Å². The average Bonchev–Trinajstić information content (AvgIpc) is 3.33. The molecular formula is C18H18BrN3O8S2. The summed E-state index contributed by atoms with van der Waals surface area (Å²) in [5, 5.41) is 14.7. The third-order valence-corrected chi connectivity index (χ3v) is 8.13. The number of amides is 2. The molecule has 2 N–H and O–H groups in total. The molecule has 2 unspecified atom stereocenters. The molecule has 0 spiro atoms. The summed E-state index contributed by atoms with van der Waals surface area (Å²) in [7, 11) is 1.18. The number of alkyl halides is 1. The lowest BCUT2D eigenvalue weighted by atomic mass is 9.89. The van der Waals surface area contributed by atoms with Gasteiger partial charge in [-0.2, -0.15) is 0 Å². The number of halogens is 1. The van der Waals surface area contributed by atoms with E-state index in [-0.39, 0.29) is 29.1 Å². The number of nitrogens with zero attached hydrogens (tertiary/aromatic N) is 2. The number of hydrogen-bond donors (Lipinski definition) is 2. The van der Waals surface area contributed by atoms with Gasteiger partial charge in [0.1, 0.15) is 23.9 Å². The summed E-state index contributed by atoms with van der Waals surface area (Å²) in [5.41, 5.74) is -1.82. The quantitative estimate of drug-likeness (QED) is 0.147. The van der Waals surface area contributed by atoms with Gasteiger partial charge in [0.05, 0.1) is 11.6 Å². The number of carbonyl (C=O) groups excluding carboxylic acids is 4. The fourth-order valence-electron chi connectivity index (χ4n) is 3.16. The van der Waals surface area contributed by atoms with Gasteiger partial charge < -0.3 is 24.6 Å². The molecule has 3 atom stereocenters. The van der Waals surface area contributed by atoms with Crippen molar-refractivity contribution in [2.24, 2.45) is 10.6 Å². The van der Waals surface area contributed by atoms with Gasteiger partial charge in [-0.15, -0.1) is 11.8 Å². The molecule has 172 valence electrons. The molecule has 2 aliphatic heterocycles. The Labute approximate surface area is 198 Å². The number of nitrogens with one attached hydrogen (secondary N) is 1. The molecule has 2 aliphatic rings. The molecule has 32 heavy (non-hydrogen) atoms. The molecule has 3 rings (SSSR count). The van der Waals surface area contributed by atoms with E-state index in [1.165, 1.54) is 36.1 Å². The zero-order chi connectivity index (χ0) is 23.5. The number of carboxylic acid groups (broad SMARTS) is 1. The fraction of sp³-hybridized carbons (Fsp3) is 0.444. The van der Waals surface area contributed by atoms with Crippen molar-refractivity contribution in [3.05, 3.63) is 24.2 Å². The van der Waals surface area contributed by atoms with E-state index in [2.05, 4.69) is 31.2 Å². The van der Waals surface area contributed by atoms with Crippen molar-refractivity contribution in [2.45, 2.75) is 11.4 Å². The third kappa shape index (κ3) is 4.71. The summed E-state index contributed by atoms with van der Waals surface area (Å²) in [6.07, 6.45) is 1.35. The second kappa shape index (κ2) is 10.1. The first-order valence-electron chi connectivity index (χ1n) is 9.11. The van der Waals surface area contributed by atoms with Crippen LogP contribution >= 0.6 is 39.5 Å². The lowest BCUT2D eigenvalue weighted by Gasteiger charge is -2.53. The molecule has 0 aromatic carbocycles. The smallest absolute Gasteiger partial charge is 0.313 e. The summed E-state index contributed by atoms with van der Waals surface area (Å²) in [6.45, 7) is -0.108.